The summed E-state index contributed by atoms with van der Waals surface area (Å²) in [7, 11) is 1.92. The second-order valence-electron chi connectivity index (χ2n) is 5.41. The van der Waals surface area contributed by atoms with Gasteiger partial charge in [0, 0.05) is 20.5 Å². The summed E-state index contributed by atoms with van der Waals surface area (Å²) in [6.45, 7) is 2.02. The molecule has 0 aliphatic carbocycles. The average Bonchev–Trinajstić information content (AvgIpc) is 2.49. The highest BCUT2D eigenvalue weighted by atomic mass is 16.6. The van der Waals surface area contributed by atoms with Gasteiger partial charge in [-0.3, -0.25) is 9.59 Å². The number of fused-ring (bicyclic) bond motifs is 3. The lowest BCUT2D eigenvalue weighted by Gasteiger charge is -2.38. The molecule has 5 heteroatoms. The Hall–Kier alpha value is -2.40. The van der Waals surface area contributed by atoms with Gasteiger partial charge in [0.2, 0.25) is 0 Å². The van der Waals surface area contributed by atoms with Crippen LogP contribution in [0.2, 0.25) is 0 Å². The quantitative estimate of drug-likeness (QED) is 0.628. The fraction of sp³-hybridized carbons (Fsp3) is 0.294. The number of carbonyl (C=O) groups excluding carboxylic acids is 2. The number of nitrogens with zero attached hydrogens (tertiary/aromatic N) is 2. The maximum absolute atomic E-state index is 11.7. The Kier molecular flexibility index (Phi) is 3.81. The fourth-order valence-corrected chi connectivity index (χ4v) is 2.96. The normalized spacial score (nSPS) is 14.7. The molecule has 1 heterocycles. The van der Waals surface area contributed by atoms with Gasteiger partial charge in [0.15, 0.2) is 0 Å². The minimum atomic E-state index is -0.573. The molecule has 3 rings (SSSR count). The molecule has 0 N–H and O–H groups in total. The summed E-state index contributed by atoms with van der Waals surface area (Å²) in [5.74, 6) is -1.10. The van der Waals surface area contributed by atoms with E-state index in [-0.39, 0.29) is 6.54 Å². The lowest BCUT2D eigenvalue weighted by molar-refractivity contribution is -0.158. The van der Waals surface area contributed by atoms with E-state index in [0.29, 0.717) is 6.54 Å². The molecule has 0 unspecified atom stereocenters. The highest BCUT2D eigenvalue weighted by Crippen LogP contribution is 2.32. The van der Waals surface area contributed by atoms with Gasteiger partial charge in [0.1, 0.15) is 6.54 Å². The lowest BCUT2D eigenvalue weighted by atomic mass is 9.98. The molecule has 0 bridgehead atoms. The van der Waals surface area contributed by atoms with Crippen molar-refractivity contribution in [3.05, 3.63) is 42.0 Å². The molecular formula is C17H18N2O3. The zero-order valence-electron chi connectivity index (χ0n) is 12.7. The molecule has 0 atom stereocenters. The number of carbonyl (C=O) groups is 2. The third-order valence-electron chi connectivity index (χ3n) is 3.98. The smallest absolute Gasteiger partial charge is 0.329 e. The number of rotatable bonds is 2. The third-order valence-corrected chi connectivity index (χ3v) is 3.98. The third kappa shape index (κ3) is 2.67. The Balaban J connectivity index is 1.86. The van der Waals surface area contributed by atoms with Crippen LogP contribution in [0.1, 0.15) is 12.5 Å². The zero-order chi connectivity index (χ0) is 15.7. The van der Waals surface area contributed by atoms with E-state index in [0.717, 1.165) is 12.1 Å². The van der Waals surface area contributed by atoms with Gasteiger partial charge in [0.05, 0.1) is 5.69 Å². The van der Waals surface area contributed by atoms with Crippen molar-refractivity contribution >= 4 is 28.4 Å². The summed E-state index contributed by atoms with van der Waals surface area (Å²) in [6, 6.07) is 12.5. The molecule has 1 aliphatic heterocycles. The number of hydrogen-bond donors (Lipinski definition) is 0. The Morgan fingerprint density at radius 3 is 2.73 bits per heavy atom. The van der Waals surface area contributed by atoms with Crippen molar-refractivity contribution in [2.75, 3.05) is 25.1 Å². The Morgan fingerprint density at radius 2 is 1.95 bits per heavy atom. The molecule has 1 aliphatic rings. The van der Waals surface area contributed by atoms with Crippen molar-refractivity contribution in [3.8, 4) is 0 Å². The standard InChI is InChI=1S/C17H18N2O3/c1-12(20)22-17(21)11-19-10-9-15-14-6-4-3-5-13(14)7-8-16(15)18(19)2/h3-8H,9-11H2,1-2H3. The number of anilines is 1. The van der Waals surface area contributed by atoms with Gasteiger partial charge in [-0.05, 0) is 28.8 Å². The molecule has 2 aromatic carbocycles. The summed E-state index contributed by atoms with van der Waals surface area (Å²) in [4.78, 5) is 22.5. The summed E-state index contributed by atoms with van der Waals surface area (Å²) in [5.41, 5.74) is 2.37. The SMILES string of the molecule is CC(=O)OC(=O)CN1CCc2c(ccc3ccccc23)N1C. The Morgan fingerprint density at radius 1 is 1.18 bits per heavy atom. The van der Waals surface area contributed by atoms with Crippen LogP contribution in [0.5, 0.6) is 0 Å². The minimum absolute atomic E-state index is 0.0718. The Bertz CT molecular complexity index is 742. The van der Waals surface area contributed by atoms with E-state index in [1.807, 2.05) is 29.2 Å². The minimum Gasteiger partial charge on any atom is -0.392 e. The van der Waals surface area contributed by atoms with Crippen molar-refractivity contribution < 1.29 is 14.3 Å². The molecule has 22 heavy (non-hydrogen) atoms. The second kappa shape index (κ2) is 5.77. The van der Waals surface area contributed by atoms with Gasteiger partial charge in [-0.15, -0.1) is 0 Å². The summed E-state index contributed by atoms with van der Waals surface area (Å²) in [5, 5.41) is 6.33. The van der Waals surface area contributed by atoms with Gasteiger partial charge >= 0.3 is 11.9 Å². The van der Waals surface area contributed by atoms with E-state index in [1.54, 1.807) is 0 Å². The molecule has 0 amide bonds. The van der Waals surface area contributed by atoms with E-state index in [1.165, 1.54) is 23.3 Å². The molecule has 114 valence electrons. The van der Waals surface area contributed by atoms with Crippen molar-refractivity contribution in [1.82, 2.24) is 5.01 Å². The van der Waals surface area contributed by atoms with Crippen LogP contribution < -0.4 is 5.01 Å². The number of benzene rings is 2. The van der Waals surface area contributed by atoms with Crippen LogP contribution in [0.25, 0.3) is 10.8 Å². The topological polar surface area (TPSA) is 49.9 Å². The van der Waals surface area contributed by atoms with Gasteiger partial charge < -0.3 is 9.75 Å². The van der Waals surface area contributed by atoms with Crippen LogP contribution in [0, 0.1) is 0 Å². The van der Waals surface area contributed by atoms with Crippen LogP contribution >= 0.6 is 0 Å². The number of esters is 2. The summed E-state index contributed by atoms with van der Waals surface area (Å²) < 4.78 is 4.61. The molecule has 2 aromatic rings. The molecule has 0 fully saturated rings. The molecule has 0 saturated carbocycles. The monoisotopic (exact) mass is 298 g/mol. The first-order chi connectivity index (χ1) is 10.6. The second-order valence-corrected chi connectivity index (χ2v) is 5.41. The van der Waals surface area contributed by atoms with Crippen LogP contribution in [0.15, 0.2) is 36.4 Å². The van der Waals surface area contributed by atoms with Crippen LogP contribution in [-0.4, -0.2) is 37.1 Å². The van der Waals surface area contributed by atoms with E-state index in [9.17, 15) is 9.59 Å². The van der Waals surface area contributed by atoms with Gasteiger partial charge in [-0.2, -0.15) is 0 Å². The predicted molar refractivity (Wildman–Crippen MR) is 84.4 cm³/mol. The number of hydrogen-bond acceptors (Lipinski definition) is 5. The van der Waals surface area contributed by atoms with Crippen molar-refractivity contribution in [2.24, 2.45) is 0 Å². The lowest BCUT2D eigenvalue weighted by Crippen LogP contribution is -2.47. The molecular weight excluding hydrogens is 280 g/mol. The maximum Gasteiger partial charge on any atom is 0.329 e. The van der Waals surface area contributed by atoms with Crippen molar-refractivity contribution in [1.29, 1.82) is 0 Å². The maximum atomic E-state index is 11.7. The van der Waals surface area contributed by atoms with Crippen LogP contribution in [0.4, 0.5) is 5.69 Å². The highest BCUT2D eigenvalue weighted by Gasteiger charge is 2.25. The van der Waals surface area contributed by atoms with Gasteiger partial charge in [-0.25, -0.2) is 5.01 Å². The summed E-state index contributed by atoms with van der Waals surface area (Å²) in [6.07, 6.45) is 0.856. The molecule has 0 radical (unpaired) electrons. The fourth-order valence-electron chi connectivity index (χ4n) is 2.96. The van der Waals surface area contributed by atoms with Crippen LogP contribution in [0.3, 0.4) is 0 Å². The summed E-state index contributed by atoms with van der Waals surface area (Å²) >= 11 is 0. The average molecular weight is 298 g/mol. The zero-order valence-corrected chi connectivity index (χ0v) is 12.7. The Labute approximate surface area is 129 Å². The van der Waals surface area contributed by atoms with E-state index in [2.05, 4.69) is 29.0 Å². The number of hydrazine groups is 1. The van der Waals surface area contributed by atoms with Gasteiger partial charge in [-0.1, -0.05) is 30.3 Å². The predicted octanol–water partition coefficient (Wildman–Crippen LogP) is 2.14. The first kappa shape index (κ1) is 14.5. The van der Waals surface area contributed by atoms with Crippen molar-refractivity contribution in [2.45, 2.75) is 13.3 Å². The number of ether oxygens (including phenoxy) is 1. The first-order valence-corrected chi connectivity index (χ1v) is 7.26. The molecule has 5 nitrogen and oxygen atoms in total. The van der Waals surface area contributed by atoms with Gasteiger partial charge in [0.25, 0.3) is 0 Å². The molecule has 0 spiro atoms. The molecule has 0 saturated heterocycles. The van der Waals surface area contributed by atoms with Crippen LogP contribution in [-0.2, 0) is 20.7 Å². The van der Waals surface area contributed by atoms with E-state index >= 15 is 0 Å². The highest BCUT2D eigenvalue weighted by molar-refractivity contribution is 5.91. The molecule has 0 aromatic heterocycles. The first-order valence-electron chi connectivity index (χ1n) is 7.26. The van der Waals surface area contributed by atoms with E-state index in [4.69, 9.17) is 0 Å². The largest absolute Gasteiger partial charge is 0.392 e. The van der Waals surface area contributed by atoms with E-state index < -0.39 is 11.9 Å². The van der Waals surface area contributed by atoms with Crippen molar-refractivity contribution in [3.63, 3.8) is 0 Å².